The molecule has 1 aliphatic heterocycles. The number of nitrogens with zero attached hydrogens (tertiary/aromatic N) is 4. The highest BCUT2D eigenvalue weighted by molar-refractivity contribution is 6.00. The molecule has 7 heteroatoms. The van der Waals surface area contributed by atoms with Crippen LogP contribution in [0.5, 0.6) is 0 Å². The zero-order chi connectivity index (χ0) is 23.2. The van der Waals surface area contributed by atoms with Gasteiger partial charge in [-0.25, -0.2) is 4.98 Å². The Bertz CT molecular complexity index is 1210. The number of carbonyl (C=O) groups is 1. The summed E-state index contributed by atoms with van der Waals surface area (Å²) in [6.07, 6.45) is 5.55. The fourth-order valence-electron chi connectivity index (χ4n) is 4.08. The number of pyridine rings is 1. The Labute approximate surface area is 199 Å². The smallest absolute Gasteiger partial charge is 0.252 e. The van der Waals surface area contributed by atoms with E-state index in [0.717, 1.165) is 54.4 Å². The van der Waals surface area contributed by atoms with Gasteiger partial charge in [-0.1, -0.05) is 48.5 Å². The molecule has 3 heterocycles. The number of amides is 1. The number of nitrogens with one attached hydrogen (secondary N) is 1. The van der Waals surface area contributed by atoms with Crippen molar-refractivity contribution in [1.82, 2.24) is 20.1 Å². The second-order valence-electron chi connectivity index (χ2n) is 8.25. The Morgan fingerprint density at radius 2 is 1.74 bits per heavy atom. The predicted molar refractivity (Wildman–Crippen MR) is 132 cm³/mol. The van der Waals surface area contributed by atoms with Crippen molar-refractivity contribution in [2.24, 2.45) is 0 Å². The van der Waals surface area contributed by atoms with E-state index in [0.29, 0.717) is 18.7 Å². The highest BCUT2D eigenvalue weighted by Crippen LogP contribution is 2.24. The lowest BCUT2D eigenvalue weighted by Gasteiger charge is -2.27. The molecule has 7 nitrogen and oxygen atoms in total. The molecule has 34 heavy (non-hydrogen) atoms. The molecule has 5 rings (SSSR count). The van der Waals surface area contributed by atoms with Crippen LogP contribution in [0, 0.1) is 0 Å². The highest BCUT2D eigenvalue weighted by atomic mass is 16.5. The van der Waals surface area contributed by atoms with Gasteiger partial charge in [-0.05, 0) is 40.5 Å². The Balaban J connectivity index is 1.24. The van der Waals surface area contributed by atoms with Crippen molar-refractivity contribution in [3.05, 3.63) is 102 Å². The third-order valence-electron chi connectivity index (χ3n) is 5.94. The molecule has 4 aromatic rings. The number of carbonyl (C=O) groups excluding carboxylic acids is 1. The summed E-state index contributed by atoms with van der Waals surface area (Å²) in [7, 11) is 0. The first-order chi connectivity index (χ1) is 16.8. The van der Waals surface area contributed by atoms with Crippen LogP contribution in [0.3, 0.4) is 0 Å². The maximum atomic E-state index is 13.0. The van der Waals surface area contributed by atoms with Crippen LogP contribution in [-0.4, -0.2) is 47.0 Å². The Morgan fingerprint density at radius 3 is 2.47 bits per heavy atom. The van der Waals surface area contributed by atoms with E-state index >= 15 is 0 Å². The number of morpholine rings is 1. The standard InChI is InChI=1S/C27H27N5O2/c33-27(29-19-22-8-11-26(28-18-22)31-14-16-34-17-15-31)25-5-2-1-4-24(25)23-9-6-21(7-10-23)20-32-13-3-12-30-32/h1-13,18H,14-17,19-20H2,(H,29,33). The number of rotatable bonds is 7. The molecule has 172 valence electrons. The predicted octanol–water partition coefficient (Wildman–Crippen LogP) is 3.76. The number of benzene rings is 2. The van der Waals surface area contributed by atoms with E-state index < -0.39 is 0 Å². The van der Waals surface area contributed by atoms with Gasteiger partial charge in [0.2, 0.25) is 0 Å². The van der Waals surface area contributed by atoms with Gasteiger partial charge in [0.25, 0.3) is 5.91 Å². The summed E-state index contributed by atoms with van der Waals surface area (Å²) >= 11 is 0. The summed E-state index contributed by atoms with van der Waals surface area (Å²) in [4.78, 5) is 19.8. The average molecular weight is 454 g/mol. The maximum absolute atomic E-state index is 13.0. The molecule has 0 atom stereocenters. The van der Waals surface area contributed by atoms with Gasteiger partial charge >= 0.3 is 0 Å². The Kier molecular flexibility index (Phi) is 6.63. The minimum absolute atomic E-state index is 0.103. The van der Waals surface area contributed by atoms with Crippen molar-refractivity contribution in [1.29, 1.82) is 0 Å². The van der Waals surface area contributed by atoms with Crippen LogP contribution in [0.4, 0.5) is 5.82 Å². The molecule has 2 aromatic carbocycles. The van der Waals surface area contributed by atoms with Gasteiger partial charge in [0.1, 0.15) is 5.82 Å². The lowest BCUT2D eigenvalue weighted by atomic mass is 9.98. The molecule has 0 aliphatic carbocycles. The molecule has 0 saturated carbocycles. The lowest BCUT2D eigenvalue weighted by Crippen LogP contribution is -2.36. The van der Waals surface area contributed by atoms with Gasteiger partial charge in [-0.15, -0.1) is 0 Å². The van der Waals surface area contributed by atoms with Crippen molar-refractivity contribution in [2.75, 3.05) is 31.2 Å². The monoisotopic (exact) mass is 453 g/mol. The van der Waals surface area contributed by atoms with Gasteiger partial charge in [0, 0.05) is 43.8 Å². The molecule has 0 bridgehead atoms. The minimum atomic E-state index is -0.103. The number of hydrogen-bond acceptors (Lipinski definition) is 5. The van der Waals surface area contributed by atoms with Crippen molar-refractivity contribution in [3.63, 3.8) is 0 Å². The number of hydrogen-bond donors (Lipinski definition) is 1. The SMILES string of the molecule is O=C(NCc1ccc(N2CCOCC2)nc1)c1ccccc1-c1ccc(Cn2cccn2)cc1. The van der Waals surface area contributed by atoms with E-state index in [4.69, 9.17) is 4.74 Å². The summed E-state index contributed by atoms with van der Waals surface area (Å²) in [5.41, 5.74) is 4.69. The van der Waals surface area contributed by atoms with E-state index in [1.807, 2.05) is 59.5 Å². The fraction of sp³-hybridized carbons (Fsp3) is 0.222. The molecular formula is C27H27N5O2. The van der Waals surface area contributed by atoms with Crippen LogP contribution >= 0.6 is 0 Å². The summed E-state index contributed by atoms with van der Waals surface area (Å²) in [5.74, 6) is 0.841. The second kappa shape index (κ2) is 10.3. The second-order valence-corrected chi connectivity index (χ2v) is 8.25. The van der Waals surface area contributed by atoms with E-state index in [1.165, 1.54) is 0 Å². The molecule has 2 aromatic heterocycles. The molecule has 1 N–H and O–H groups in total. The molecule has 0 spiro atoms. The molecule has 1 amide bonds. The van der Waals surface area contributed by atoms with Crippen molar-refractivity contribution in [2.45, 2.75) is 13.1 Å². The van der Waals surface area contributed by atoms with Crippen molar-refractivity contribution < 1.29 is 9.53 Å². The normalized spacial score (nSPS) is 13.6. The first kappa shape index (κ1) is 21.9. The fourth-order valence-corrected chi connectivity index (χ4v) is 4.08. The topological polar surface area (TPSA) is 72.3 Å². The van der Waals surface area contributed by atoms with Gasteiger partial charge in [0.15, 0.2) is 0 Å². The third kappa shape index (κ3) is 5.15. The first-order valence-electron chi connectivity index (χ1n) is 11.5. The van der Waals surface area contributed by atoms with Gasteiger partial charge in [-0.3, -0.25) is 9.48 Å². The lowest BCUT2D eigenvalue weighted by molar-refractivity contribution is 0.0951. The number of ether oxygens (including phenoxy) is 1. The molecule has 1 aliphatic rings. The maximum Gasteiger partial charge on any atom is 0.252 e. The summed E-state index contributed by atoms with van der Waals surface area (Å²) in [5, 5.41) is 7.30. The molecule has 0 radical (unpaired) electrons. The molecular weight excluding hydrogens is 426 g/mol. The third-order valence-corrected chi connectivity index (χ3v) is 5.94. The average Bonchev–Trinajstić information content (AvgIpc) is 3.42. The van der Waals surface area contributed by atoms with E-state index in [1.54, 1.807) is 6.20 Å². The van der Waals surface area contributed by atoms with Gasteiger partial charge < -0.3 is 15.0 Å². The molecule has 1 fully saturated rings. The summed E-state index contributed by atoms with van der Waals surface area (Å²) in [6.45, 7) is 4.30. The number of aromatic nitrogens is 3. The van der Waals surface area contributed by atoms with Crippen LogP contribution in [0.15, 0.2) is 85.3 Å². The Hall–Kier alpha value is -3.97. The van der Waals surface area contributed by atoms with E-state index in [-0.39, 0.29) is 5.91 Å². The molecule has 1 saturated heterocycles. The van der Waals surface area contributed by atoms with Gasteiger partial charge in [0.05, 0.1) is 19.8 Å². The van der Waals surface area contributed by atoms with Crippen LogP contribution in [0.1, 0.15) is 21.5 Å². The van der Waals surface area contributed by atoms with Crippen LogP contribution in [0.25, 0.3) is 11.1 Å². The van der Waals surface area contributed by atoms with E-state index in [9.17, 15) is 4.79 Å². The summed E-state index contributed by atoms with van der Waals surface area (Å²) in [6, 6.07) is 21.9. The molecule has 0 unspecified atom stereocenters. The largest absolute Gasteiger partial charge is 0.378 e. The Morgan fingerprint density at radius 1 is 0.941 bits per heavy atom. The minimum Gasteiger partial charge on any atom is -0.378 e. The first-order valence-corrected chi connectivity index (χ1v) is 11.5. The van der Waals surface area contributed by atoms with Crippen molar-refractivity contribution in [3.8, 4) is 11.1 Å². The van der Waals surface area contributed by atoms with Crippen LogP contribution in [0.2, 0.25) is 0 Å². The van der Waals surface area contributed by atoms with Crippen LogP contribution in [-0.2, 0) is 17.8 Å². The van der Waals surface area contributed by atoms with Crippen LogP contribution < -0.4 is 10.2 Å². The quantitative estimate of drug-likeness (QED) is 0.461. The summed E-state index contributed by atoms with van der Waals surface area (Å²) < 4.78 is 7.29. The van der Waals surface area contributed by atoms with Crippen molar-refractivity contribution >= 4 is 11.7 Å². The zero-order valence-electron chi connectivity index (χ0n) is 18.9. The highest BCUT2D eigenvalue weighted by Gasteiger charge is 2.14. The zero-order valence-corrected chi connectivity index (χ0v) is 18.9. The van der Waals surface area contributed by atoms with E-state index in [2.05, 4.69) is 44.6 Å². The number of anilines is 1. The van der Waals surface area contributed by atoms with Gasteiger partial charge in [-0.2, -0.15) is 5.10 Å².